The van der Waals surface area contributed by atoms with E-state index < -0.39 is 0 Å². The molecule has 0 atom stereocenters. The minimum absolute atomic E-state index is 0.786. The lowest BCUT2D eigenvalue weighted by Gasteiger charge is -2.17. The van der Waals surface area contributed by atoms with Crippen LogP contribution < -0.4 is 4.74 Å². The van der Waals surface area contributed by atoms with E-state index in [0.717, 1.165) is 42.1 Å². The Bertz CT molecular complexity index is 641. The number of aromatic nitrogens is 1. The Kier molecular flexibility index (Phi) is 2.51. The third-order valence-electron chi connectivity index (χ3n) is 3.71. The van der Waals surface area contributed by atoms with Gasteiger partial charge in [0.25, 0.3) is 0 Å². The van der Waals surface area contributed by atoms with Gasteiger partial charge in [-0.25, -0.2) is 0 Å². The van der Waals surface area contributed by atoms with Crippen LogP contribution in [0.4, 0.5) is 0 Å². The molecule has 0 saturated heterocycles. The molecule has 1 aliphatic rings. The van der Waals surface area contributed by atoms with E-state index in [2.05, 4.69) is 22.7 Å². The molecule has 0 spiro atoms. The van der Waals surface area contributed by atoms with Gasteiger partial charge in [-0.15, -0.1) is 0 Å². The Morgan fingerprint density at radius 1 is 1.39 bits per heavy atom. The lowest BCUT2D eigenvalue weighted by Crippen LogP contribution is -2.17. The number of methoxy groups -OCH3 is 1. The van der Waals surface area contributed by atoms with Gasteiger partial charge in [0.15, 0.2) is 0 Å². The number of hydrogen-bond donors (Lipinski definition) is 1. The van der Waals surface area contributed by atoms with Crippen LogP contribution in [0.3, 0.4) is 0 Å². The fraction of sp³-hybridized carbons (Fsp3) is 0.357. The van der Waals surface area contributed by atoms with E-state index in [4.69, 9.17) is 9.94 Å². The van der Waals surface area contributed by atoms with Gasteiger partial charge in [0.05, 0.1) is 12.8 Å². The van der Waals surface area contributed by atoms with Gasteiger partial charge >= 0.3 is 0 Å². The summed E-state index contributed by atoms with van der Waals surface area (Å²) in [4.78, 5) is 0. The van der Waals surface area contributed by atoms with E-state index in [-0.39, 0.29) is 0 Å². The van der Waals surface area contributed by atoms with Gasteiger partial charge in [0.2, 0.25) is 0 Å². The van der Waals surface area contributed by atoms with Gasteiger partial charge in [0.1, 0.15) is 11.5 Å². The van der Waals surface area contributed by atoms with Crippen molar-refractivity contribution in [1.29, 1.82) is 0 Å². The van der Waals surface area contributed by atoms with E-state index in [1.54, 1.807) is 7.11 Å². The van der Waals surface area contributed by atoms with Crippen molar-refractivity contribution in [2.24, 2.45) is 5.16 Å². The predicted octanol–water partition coefficient (Wildman–Crippen LogP) is 2.93. The van der Waals surface area contributed by atoms with Crippen LogP contribution in [0.25, 0.3) is 10.9 Å². The molecule has 0 amide bonds. The van der Waals surface area contributed by atoms with Crippen LogP contribution in [0.15, 0.2) is 23.4 Å². The summed E-state index contributed by atoms with van der Waals surface area (Å²) in [6, 6.07) is 6.09. The first-order valence-corrected chi connectivity index (χ1v) is 6.14. The van der Waals surface area contributed by atoms with Gasteiger partial charge in [-0.2, -0.15) is 0 Å². The molecule has 1 aromatic carbocycles. The highest BCUT2D eigenvalue weighted by atomic mass is 16.5. The van der Waals surface area contributed by atoms with Crippen molar-refractivity contribution in [3.05, 3.63) is 29.5 Å². The molecule has 1 aromatic heterocycles. The molecule has 0 bridgehead atoms. The first-order chi connectivity index (χ1) is 8.76. The second-order valence-corrected chi connectivity index (χ2v) is 4.66. The maximum atomic E-state index is 9.14. The lowest BCUT2D eigenvalue weighted by atomic mass is 10.0. The van der Waals surface area contributed by atoms with E-state index in [0.29, 0.717) is 0 Å². The van der Waals surface area contributed by atoms with Crippen molar-refractivity contribution in [2.45, 2.75) is 26.3 Å². The molecule has 3 rings (SSSR count). The molecule has 0 saturated carbocycles. The Hall–Kier alpha value is -1.97. The third kappa shape index (κ3) is 1.41. The molecule has 2 heterocycles. The number of aryl methyl sites for hydroxylation is 2. The summed E-state index contributed by atoms with van der Waals surface area (Å²) in [7, 11) is 1.67. The highest BCUT2D eigenvalue weighted by Gasteiger charge is 2.22. The standard InChI is InChI=1S/C14H16N2O2/c1-9-11-8-10(18-2)5-6-13(11)16-7-3-4-12(15-17)14(9)16/h5-6,8,17H,3-4,7H2,1-2H3/b15-12+. The largest absolute Gasteiger partial charge is 0.497 e. The Morgan fingerprint density at radius 2 is 2.22 bits per heavy atom. The molecule has 4 nitrogen and oxygen atoms in total. The molecule has 18 heavy (non-hydrogen) atoms. The molecular formula is C14H16N2O2. The minimum atomic E-state index is 0.786. The smallest absolute Gasteiger partial charge is 0.119 e. The first kappa shape index (κ1) is 11.1. The molecule has 94 valence electrons. The monoisotopic (exact) mass is 244 g/mol. The fourth-order valence-electron chi connectivity index (χ4n) is 2.85. The summed E-state index contributed by atoms with van der Waals surface area (Å²) in [5.41, 5.74) is 4.20. The van der Waals surface area contributed by atoms with Gasteiger partial charge in [-0.05, 0) is 43.5 Å². The molecule has 0 aliphatic carbocycles. The second-order valence-electron chi connectivity index (χ2n) is 4.66. The summed E-state index contributed by atoms with van der Waals surface area (Å²) < 4.78 is 7.51. The summed E-state index contributed by atoms with van der Waals surface area (Å²) in [6.07, 6.45) is 1.85. The van der Waals surface area contributed by atoms with Crippen LogP contribution in [-0.2, 0) is 6.54 Å². The fourth-order valence-corrected chi connectivity index (χ4v) is 2.85. The number of hydrogen-bond acceptors (Lipinski definition) is 3. The van der Waals surface area contributed by atoms with E-state index in [9.17, 15) is 0 Å². The highest BCUT2D eigenvalue weighted by Crippen LogP contribution is 2.32. The van der Waals surface area contributed by atoms with Crippen LogP contribution >= 0.6 is 0 Å². The van der Waals surface area contributed by atoms with E-state index in [1.807, 2.05) is 12.1 Å². The van der Waals surface area contributed by atoms with Crippen molar-refractivity contribution in [3.63, 3.8) is 0 Å². The maximum Gasteiger partial charge on any atom is 0.119 e. The van der Waals surface area contributed by atoms with Gasteiger partial charge in [-0.1, -0.05) is 5.16 Å². The average Bonchev–Trinajstić information content (AvgIpc) is 2.72. The van der Waals surface area contributed by atoms with Gasteiger partial charge in [0, 0.05) is 17.4 Å². The molecule has 0 radical (unpaired) electrons. The number of nitrogens with zero attached hydrogens (tertiary/aromatic N) is 2. The number of benzene rings is 1. The molecule has 1 aliphatic heterocycles. The molecule has 0 fully saturated rings. The van der Waals surface area contributed by atoms with Gasteiger partial charge in [-0.3, -0.25) is 0 Å². The molecule has 0 unspecified atom stereocenters. The number of rotatable bonds is 1. The second kappa shape index (κ2) is 4.05. The van der Waals surface area contributed by atoms with Crippen LogP contribution in [0.2, 0.25) is 0 Å². The van der Waals surface area contributed by atoms with Crippen molar-refractivity contribution < 1.29 is 9.94 Å². The Balaban J connectivity index is 2.34. The number of ether oxygens (including phenoxy) is 1. The Morgan fingerprint density at radius 3 is 2.94 bits per heavy atom. The topological polar surface area (TPSA) is 46.8 Å². The zero-order valence-corrected chi connectivity index (χ0v) is 10.6. The number of oxime groups is 1. The van der Waals surface area contributed by atoms with Crippen LogP contribution in [0.5, 0.6) is 5.75 Å². The van der Waals surface area contributed by atoms with Crippen molar-refractivity contribution in [1.82, 2.24) is 4.57 Å². The predicted molar refractivity (Wildman–Crippen MR) is 70.8 cm³/mol. The summed E-state index contributed by atoms with van der Waals surface area (Å²) in [6.45, 7) is 3.05. The van der Waals surface area contributed by atoms with Crippen LogP contribution in [0, 0.1) is 6.92 Å². The quantitative estimate of drug-likeness (QED) is 0.619. The van der Waals surface area contributed by atoms with Crippen molar-refractivity contribution in [2.75, 3.05) is 7.11 Å². The molecular weight excluding hydrogens is 228 g/mol. The van der Waals surface area contributed by atoms with E-state index in [1.165, 1.54) is 10.9 Å². The third-order valence-corrected chi connectivity index (χ3v) is 3.71. The van der Waals surface area contributed by atoms with Crippen LogP contribution in [-0.4, -0.2) is 22.6 Å². The molecule has 2 aromatic rings. The lowest BCUT2D eigenvalue weighted by molar-refractivity contribution is 0.316. The number of fused-ring (bicyclic) bond motifs is 3. The SMILES string of the molecule is COc1ccc2c(c1)c(C)c1n2CCC/C1=N\O. The first-order valence-electron chi connectivity index (χ1n) is 6.14. The summed E-state index contributed by atoms with van der Waals surface area (Å²) in [5.74, 6) is 0.857. The Labute approximate surface area is 105 Å². The minimum Gasteiger partial charge on any atom is -0.497 e. The zero-order chi connectivity index (χ0) is 12.7. The average molecular weight is 244 g/mol. The van der Waals surface area contributed by atoms with E-state index >= 15 is 0 Å². The summed E-state index contributed by atoms with van der Waals surface area (Å²) in [5, 5.41) is 13.8. The zero-order valence-electron chi connectivity index (χ0n) is 10.6. The van der Waals surface area contributed by atoms with Gasteiger partial charge < -0.3 is 14.5 Å². The molecule has 1 N–H and O–H groups in total. The highest BCUT2D eigenvalue weighted by molar-refractivity contribution is 6.06. The molecule has 4 heteroatoms. The van der Waals surface area contributed by atoms with Crippen molar-refractivity contribution in [3.8, 4) is 5.75 Å². The van der Waals surface area contributed by atoms with Crippen LogP contribution in [0.1, 0.15) is 24.1 Å². The summed E-state index contributed by atoms with van der Waals surface area (Å²) >= 11 is 0. The normalized spacial score (nSPS) is 17.1. The maximum absolute atomic E-state index is 9.14. The van der Waals surface area contributed by atoms with Crippen molar-refractivity contribution >= 4 is 16.6 Å².